The van der Waals surface area contributed by atoms with Crippen molar-refractivity contribution in [1.82, 2.24) is 15.5 Å². The summed E-state index contributed by atoms with van der Waals surface area (Å²) in [6.07, 6.45) is 6.04. The molecule has 1 aliphatic carbocycles. The first-order valence-electron chi connectivity index (χ1n) is 10.8. The van der Waals surface area contributed by atoms with Crippen LogP contribution in [0.15, 0.2) is 24.3 Å². The fourth-order valence-electron chi connectivity index (χ4n) is 3.95. The molecule has 0 unspecified atom stereocenters. The van der Waals surface area contributed by atoms with Gasteiger partial charge in [0.15, 0.2) is 0 Å². The van der Waals surface area contributed by atoms with Gasteiger partial charge in [0.2, 0.25) is 5.91 Å². The van der Waals surface area contributed by atoms with Crippen molar-refractivity contribution in [3.63, 3.8) is 0 Å². The predicted octanol–water partition coefficient (Wildman–Crippen LogP) is 2.50. The minimum absolute atomic E-state index is 0.0280. The fourth-order valence-corrected chi connectivity index (χ4v) is 3.95. The van der Waals surface area contributed by atoms with Crippen molar-refractivity contribution in [2.45, 2.75) is 51.1 Å². The first-order valence-corrected chi connectivity index (χ1v) is 10.8. The number of anilines is 1. The van der Waals surface area contributed by atoms with Crippen molar-refractivity contribution < 1.29 is 14.3 Å². The number of hydrogen-bond donors (Lipinski definition) is 2. The molecule has 7 heteroatoms. The Morgan fingerprint density at radius 1 is 1.10 bits per heavy atom. The maximum atomic E-state index is 12.4. The van der Waals surface area contributed by atoms with Crippen molar-refractivity contribution in [3.8, 4) is 0 Å². The Labute approximate surface area is 173 Å². The standard InChI is InChI=1S/C22H34N4O3/c1-25(17-18-7-9-20(10-8-18)26-13-15-29-16-14-26)21(27)11-12-23-22(28)24-19-5-3-2-4-6-19/h7-10,19H,2-6,11-17H2,1H3,(H2,23,24,28). The number of benzene rings is 1. The number of carbonyl (C=O) groups is 2. The lowest BCUT2D eigenvalue weighted by Gasteiger charge is -2.29. The van der Waals surface area contributed by atoms with Crippen molar-refractivity contribution in [1.29, 1.82) is 0 Å². The summed E-state index contributed by atoms with van der Waals surface area (Å²) >= 11 is 0. The Morgan fingerprint density at radius 2 is 1.79 bits per heavy atom. The first-order chi connectivity index (χ1) is 14.1. The molecule has 1 saturated heterocycles. The zero-order valence-electron chi connectivity index (χ0n) is 17.5. The van der Waals surface area contributed by atoms with Gasteiger partial charge >= 0.3 is 6.03 Å². The highest BCUT2D eigenvalue weighted by Gasteiger charge is 2.16. The minimum atomic E-state index is -0.161. The van der Waals surface area contributed by atoms with Crippen LogP contribution in [-0.2, 0) is 16.1 Å². The highest BCUT2D eigenvalue weighted by molar-refractivity contribution is 5.78. The molecule has 160 valence electrons. The van der Waals surface area contributed by atoms with Crippen LogP contribution in [0.25, 0.3) is 0 Å². The summed E-state index contributed by atoms with van der Waals surface area (Å²) in [5, 5.41) is 5.82. The van der Waals surface area contributed by atoms with E-state index in [0.29, 0.717) is 19.5 Å². The van der Waals surface area contributed by atoms with Gasteiger partial charge in [-0.25, -0.2) is 4.79 Å². The number of ether oxygens (including phenoxy) is 1. The lowest BCUT2D eigenvalue weighted by Crippen LogP contribution is -2.43. The molecule has 3 rings (SSSR count). The van der Waals surface area contributed by atoms with Gasteiger partial charge in [-0.2, -0.15) is 0 Å². The number of nitrogens with one attached hydrogen (secondary N) is 2. The molecule has 3 amide bonds. The smallest absolute Gasteiger partial charge is 0.315 e. The van der Waals surface area contributed by atoms with Crippen molar-refractivity contribution in [2.24, 2.45) is 0 Å². The zero-order chi connectivity index (χ0) is 20.5. The van der Waals surface area contributed by atoms with Crippen LogP contribution in [0.4, 0.5) is 10.5 Å². The third kappa shape index (κ3) is 6.92. The zero-order valence-corrected chi connectivity index (χ0v) is 17.5. The van der Waals surface area contributed by atoms with Crippen LogP contribution in [-0.4, -0.2) is 62.8 Å². The number of urea groups is 1. The summed E-state index contributed by atoms with van der Waals surface area (Å²) in [4.78, 5) is 28.3. The van der Waals surface area contributed by atoms with Crippen LogP contribution in [0.5, 0.6) is 0 Å². The maximum absolute atomic E-state index is 12.4. The first kappa shape index (κ1) is 21.4. The molecule has 1 saturated carbocycles. The molecule has 0 aromatic heterocycles. The summed E-state index contributed by atoms with van der Waals surface area (Å²) in [6, 6.07) is 8.48. The topological polar surface area (TPSA) is 73.9 Å². The fraction of sp³-hybridized carbons (Fsp3) is 0.636. The van der Waals surface area contributed by atoms with Gasteiger partial charge in [-0.3, -0.25) is 4.79 Å². The third-order valence-corrected chi connectivity index (χ3v) is 5.72. The summed E-state index contributed by atoms with van der Waals surface area (Å²) < 4.78 is 5.39. The molecule has 0 bridgehead atoms. The molecule has 1 heterocycles. The van der Waals surface area contributed by atoms with E-state index in [4.69, 9.17) is 4.74 Å². The molecule has 2 N–H and O–H groups in total. The molecule has 0 atom stereocenters. The average molecular weight is 403 g/mol. The molecule has 2 aliphatic rings. The van der Waals surface area contributed by atoms with Gasteiger partial charge in [0.25, 0.3) is 0 Å². The van der Waals surface area contributed by atoms with E-state index in [2.05, 4.69) is 39.8 Å². The SMILES string of the molecule is CN(Cc1ccc(N2CCOCC2)cc1)C(=O)CCNC(=O)NC1CCCCC1. The Hall–Kier alpha value is -2.28. The number of amides is 3. The molecule has 1 aromatic rings. The number of hydrogen-bond acceptors (Lipinski definition) is 4. The van der Waals surface area contributed by atoms with Crippen LogP contribution >= 0.6 is 0 Å². The quantitative estimate of drug-likeness (QED) is 0.735. The minimum Gasteiger partial charge on any atom is -0.378 e. The van der Waals surface area contributed by atoms with Gasteiger partial charge in [-0.15, -0.1) is 0 Å². The summed E-state index contributed by atoms with van der Waals surface area (Å²) in [5.74, 6) is 0.0280. The second-order valence-electron chi connectivity index (χ2n) is 8.00. The summed E-state index contributed by atoms with van der Waals surface area (Å²) in [5.41, 5.74) is 2.29. The molecule has 2 fully saturated rings. The summed E-state index contributed by atoms with van der Waals surface area (Å²) in [7, 11) is 1.81. The molecular formula is C22H34N4O3. The van der Waals surface area contributed by atoms with E-state index in [1.54, 1.807) is 11.9 Å². The highest BCUT2D eigenvalue weighted by Crippen LogP contribution is 2.18. The second kappa shape index (κ2) is 11.0. The Kier molecular flexibility index (Phi) is 8.16. The number of carbonyl (C=O) groups excluding carboxylic acids is 2. The van der Waals surface area contributed by atoms with Crippen LogP contribution in [0.2, 0.25) is 0 Å². The molecule has 29 heavy (non-hydrogen) atoms. The normalized spacial score (nSPS) is 17.6. The van der Waals surface area contributed by atoms with Gasteiger partial charge in [0, 0.05) is 51.4 Å². The highest BCUT2D eigenvalue weighted by atomic mass is 16.5. The Balaban J connectivity index is 1.35. The van der Waals surface area contributed by atoms with Gasteiger partial charge in [0.1, 0.15) is 0 Å². The maximum Gasteiger partial charge on any atom is 0.315 e. The number of morpholine rings is 1. The van der Waals surface area contributed by atoms with Crippen molar-refractivity contribution in [3.05, 3.63) is 29.8 Å². The van der Waals surface area contributed by atoms with E-state index in [1.165, 1.54) is 24.9 Å². The van der Waals surface area contributed by atoms with E-state index in [-0.39, 0.29) is 18.0 Å². The molecule has 1 aromatic carbocycles. The second-order valence-corrected chi connectivity index (χ2v) is 8.00. The van der Waals surface area contributed by atoms with Gasteiger partial charge in [-0.1, -0.05) is 31.4 Å². The molecule has 0 spiro atoms. The third-order valence-electron chi connectivity index (χ3n) is 5.72. The molecule has 1 aliphatic heterocycles. The van der Waals surface area contributed by atoms with Gasteiger partial charge < -0.3 is 25.2 Å². The molecule has 7 nitrogen and oxygen atoms in total. The van der Waals surface area contributed by atoms with Crippen molar-refractivity contribution in [2.75, 3.05) is 44.8 Å². The molecule has 0 radical (unpaired) electrons. The van der Waals surface area contributed by atoms with Gasteiger partial charge in [0.05, 0.1) is 13.2 Å². The van der Waals surface area contributed by atoms with E-state index in [1.807, 2.05) is 0 Å². The van der Waals surface area contributed by atoms with E-state index >= 15 is 0 Å². The van der Waals surface area contributed by atoms with Crippen LogP contribution < -0.4 is 15.5 Å². The van der Waals surface area contributed by atoms with E-state index in [0.717, 1.165) is 44.7 Å². The number of nitrogens with zero attached hydrogens (tertiary/aromatic N) is 2. The monoisotopic (exact) mass is 402 g/mol. The van der Waals surface area contributed by atoms with Gasteiger partial charge in [-0.05, 0) is 30.5 Å². The average Bonchev–Trinajstić information content (AvgIpc) is 2.75. The van der Waals surface area contributed by atoms with Crippen LogP contribution in [0.3, 0.4) is 0 Å². The molecular weight excluding hydrogens is 368 g/mol. The number of rotatable bonds is 7. The lowest BCUT2D eigenvalue weighted by atomic mass is 9.96. The Bertz CT molecular complexity index is 653. The Morgan fingerprint density at radius 3 is 2.48 bits per heavy atom. The van der Waals surface area contributed by atoms with E-state index in [9.17, 15) is 9.59 Å². The predicted molar refractivity (Wildman–Crippen MR) is 114 cm³/mol. The van der Waals surface area contributed by atoms with Crippen LogP contribution in [0, 0.1) is 0 Å². The largest absolute Gasteiger partial charge is 0.378 e. The van der Waals surface area contributed by atoms with Crippen LogP contribution in [0.1, 0.15) is 44.1 Å². The lowest BCUT2D eigenvalue weighted by molar-refractivity contribution is -0.130. The summed E-state index contributed by atoms with van der Waals surface area (Å²) in [6.45, 7) is 4.30. The van der Waals surface area contributed by atoms with Crippen molar-refractivity contribution >= 4 is 17.6 Å². The van der Waals surface area contributed by atoms with E-state index < -0.39 is 0 Å².